The Morgan fingerprint density at radius 2 is 1.94 bits per heavy atom. The number of aryl methyl sites for hydroxylation is 1. The zero-order valence-corrected chi connectivity index (χ0v) is 11.0. The van der Waals surface area contributed by atoms with Gasteiger partial charge in [-0.25, -0.2) is 4.98 Å². The van der Waals surface area contributed by atoms with Crippen molar-refractivity contribution in [2.24, 2.45) is 0 Å². The molecule has 0 aliphatic carbocycles. The fourth-order valence-corrected chi connectivity index (χ4v) is 2.57. The zero-order chi connectivity index (χ0) is 12.3. The third-order valence-corrected chi connectivity index (χ3v) is 3.61. The van der Waals surface area contributed by atoms with E-state index in [9.17, 15) is 0 Å². The summed E-state index contributed by atoms with van der Waals surface area (Å²) in [5.41, 5.74) is 10.8. The predicted molar refractivity (Wildman–Crippen MR) is 72.9 cm³/mol. The molecule has 1 heterocycles. The van der Waals surface area contributed by atoms with Gasteiger partial charge in [0.15, 0.2) is 0 Å². The van der Waals surface area contributed by atoms with E-state index >= 15 is 0 Å². The lowest BCUT2D eigenvalue weighted by Crippen LogP contribution is -2.17. The van der Waals surface area contributed by atoms with Crippen LogP contribution in [0.5, 0.6) is 0 Å². The average Bonchev–Trinajstić information content (AvgIpc) is 2.68. The molecule has 0 fully saturated rings. The first-order valence-electron chi connectivity index (χ1n) is 5.57. The molecular weight excluding hydrogens is 230 g/mol. The maximum absolute atomic E-state index is 5.67. The summed E-state index contributed by atoms with van der Waals surface area (Å²) in [6.45, 7) is 3.93. The van der Waals surface area contributed by atoms with E-state index in [0.29, 0.717) is 0 Å². The zero-order valence-electron chi connectivity index (χ0n) is 10.2. The monoisotopic (exact) mass is 247 g/mol. The molecule has 0 aliphatic heterocycles. The summed E-state index contributed by atoms with van der Waals surface area (Å²) in [6, 6.07) is 8.04. The van der Waals surface area contributed by atoms with Gasteiger partial charge < -0.3 is 5.73 Å². The number of hydrogen-bond donors (Lipinski definition) is 1. The minimum atomic E-state index is 0.815. The summed E-state index contributed by atoms with van der Waals surface area (Å²) in [5, 5.41) is 0. The molecule has 2 rings (SSSR count). The number of nitrogens with zero attached hydrogens (tertiary/aromatic N) is 2. The lowest BCUT2D eigenvalue weighted by Gasteiger charge is -2.16. The van der Waals surface area contributed by atoms with Crippen LogP contribution in [0.25, 0.3) is 0 Å². The highest BCUT2D eigenvalue weighted by Gasteiger charge is 2.06. The van der Waals surface area contributed by atoms with Crippen molar-refractivity contribution >= 4 is 17.0 Å². The second-order valence-electron chi connectivity index (χ2n) is 4.27. The Hall–Kier alpha value is -1.39. The molecule has 2 N–H and O–H groups in total. The van der Waals surface area contributed by atoms with Gasteiger partial charge in [0.1, 0.15) is 0 Å². The van der Waals surface area contributed by atoms with Gasteiger partial charge in [-0.05, 0) is 31.7 Å². The van der Waals surface area contributed by atoms with E-state index in [0.717, 1.165) is 24.5 Å². The van der Waals surface area contributed by atoms with Crippen LogP contribution in [0.4, 0.5) is 5.69 Å². The first-order valence-corrected chi connectivity index (χ1v) is 6.45. The van der Waals surface area contributed by atoms with E-state index in [1.807, 2.05) is 17.6 Å². The molecule has 2 aromatic rings. The summed E-state index contributed by atoms with van der Waals surface area (Å²) < 4.78 is 0. The number of thiazole rings is 1. The molecule has 0 bridgehead atoms. The van der Waals surface area contributed by atoms with Crippen LogP contribution < -0.4 is 5.73 Å². The normalized spacial score (nSPS) is 11.0. The summed E-state index contributed by atoms with van der Waals surface area (Å²) in [5.74, 6) is 0. The van der Waals surface area contributed by atoms with Crippen molar-refractivity contribution in [2.45, 2.75) is 20.0 Å². The number of anilines is 1. The Morgan fingerprint density at radius 3 is 2.53 bits per heavy atom. The van der Waals surface area contributed by atoms with Crippen molar-refractivity contribution in [3.63, 3.8) is 0 Å². The van der Waals surface area contributed by atoms with Gasteiger partial charge in [0.2, 0.25) is 0 Å². The Balaban J connectivity index is 1.95. The third kappa shape index (κ3) is 3.28. The summed E-state index contributed by atoms with van der Waals surface area (Å²) in [6.07, 6.45) is 0. The lowest BCUT2D eigenvalue weighted by molar-refractivity contribution is 0.321. The number of hydrogen-bond acceptors (Lipinski definition) is 4. The predicted octanol–water partition coefficient (Wildman–Crippen LogP) is 2.67. The molecule has 0 saturated heterocycles. The molecule has 0 spiro atoms. The molecule has 0 aliphatic rings. The van der Waals surface area contributed by atoms with Gasteiger partial charge >= 0.3 is 0 Å². The third-order valence-electron chi connectivity index (χ3n) is 2.69. The van der Waals surface area contributed by atoms with Gasteiger partial charge in [-0.15, -0.1) is 11.3 Å². The molecule has 0 radical (unpaired) electrons. The topological polar surface area (TPSA) is 42.2 Å². The van der Waals surface area contributed by atoms with Crippen molar-refractivity contribution < 1.29 is 0 Å². The fourth-order valence-electron chi connectivity index (χ4n) is 1.71. The van der Waals surface area contributed by atoms with Crippen LogP contribution in [0.15, 0.2) is 29.8 Å². The highest BCUT2D eigenvalue weighted by molar-refractivity contribution is 7.09. The Bertz CT molecular complexity index is 476. The van der Waals surface area contributed by atoms with Crippen molar-refractivity contribution in [3.8, 4) is 0 Å². The van der Waals surface area contributed by atoms with E-state index in [2.05, 4.69) is 36.0 Å². The maximum Gasteiger partial charge on any atom is 0.0798 e. The maximum atomic E-state index is 5.67. The fraction of sp³-hybridized carbons (Fsp3) is 0.308. The van der Waals surface area contributed by atoms with Crippen LogP contribution in [0, 0.1) is 6.92 Å². The quantitative estimate of drug-likeness (QED) is 0.845. The van der Waals surface area contributed by atoms with Crippen molar-refractivity contribution in [1.29, 1.82) is 0 Å². The van der Waals surface area contributed by atoms with Gasteiger partial charge in [-0.3, -0.25) is 4.90 Å². The average molecular weight is 247 g/mol. The second kappa shape index (κ2) is 5.29. The summed E-state index contributed by atoms with van der Waals surface area (Å²) >= 11 is 1.72. The van der Waals surface area contributed by atoms with Crippen molar-refractivity contribution in [2.75, 3.05) is 12.8 Å². The standard InChI is InChI=1S/C13H17N3S/c1-10-13(17-9-15-10)8-16(2)7-11-3-5-12(14)6-4-11/h3-6,9H,7-8,14H2,1-2H3. The van der Waals surface area contributed by atoms with Crippen LogP contribution in [0.1, 0.15) is 16.1 Å². The van der Waals surface area contributed by atoms with E-state index in [4.69, 9.17) is 5.73 Å². The molecule has 0 amide bonds. The summed E-state index contributed by atoms with van der Waals surface area (Å²) in [7, 11) is 2.12. The van der Waals surface area contributed by atoms with Crippen molar-refractivity contribution in [1.82, 2.24) is 9.88 Å². The lowest BCUT2D eigenvalue weighted by atomic mass is 10.2. The molecule has 3 nitrogen and oxygen atoms in total. The minimum absolute atomic E-state index is 0.815. The first-order chi connectivity index (χ1) is 8.15. The van der Waals surface area contributed by atoms with Gasteiger partial charge in [0.25, 0.3) is 0 Å². The SMILES string of the molecule is Cc1ncsc1CN(C)Cc1ccc(N)cc1. The molecule has 0 saturated carbocycles. The van der Waals surface area contributed by atoms with Crippen LogP contribution in [0.3, 0.4) is 0 Å². The Kier molecular flexibility index (Phi) is 3.76. The summed E-state index contributed by atoms with van der Waals surface area (Å²) in [4.78, 5) is 7.88. The highest BCUT2D eigenvalue weighted by Crippen LogP contribution is 2.16. The molecular formula is C13H17N3S. The van der Waals surface area contributed by atoms with E-state index < -0.39 is 0 Å². The number of rotatable bonds is 4. The van der Waals surface area contributed by atoms with Gasteiger partial charge in [-0.1, -0.05) is 12.1 Å². The van der Waals surface area contributed by atoms with Crippen LogP contribution in [-0.2, 0) is 13.1 Å². The number of aromatic nitrogens is 1. The van der Waals surface area contributed by atoms with Gasteiger partial charge in [0, 0.05) is 23.7 Å². The van der Waals surface area contributed by atoms with Crippen LogP contribution in [-0.4, -0.2) is 16.9 Å². The molecule has 17 heavy (non-hydrogen) atoms. The van der Waals surface area contributed by atoms with Crippen LogP contribution in [0.2, 0.25) is 0 Å². The van der Waals surface area contributed by atoms with E-state index in [1.54, 1.807) is 11.3 Å². The second-order valence-corrected chi connectivity index (χ2v) is 5.21. The molecule has 90 valence electrons. The molecule has 1 aromatic carbocycles. The number of nitrogens with two attached hydrogens (primary N) is 1. The number of benzene rings is 1. The Morgan fingerprint density at radius 1 is 1.24 bits per heavy atom. The van der Waals surface area contributed by atoms with E-state index in [-0.39, 0.29) is 0 Å². The van der Waals surface area contributed by atoms with E-state index in [1.165, 1.54) is 10.4 Å². The van der Waals surface area contributed by atoms with Crippen LogP contribution >= 0.6 is 11.3 Å². The molecule has 4 heteroatoms. The largest absolute Gasteiger partial charge is 0.399 e. The van der Waals surface area contributed by atoms with Gasteiger partial charge in [0.05, 0.1) is 11.2 Å². The highest BCUT2D eigenvalue weighted by atomic mass is 32.1. The minimum Gasteiger partial charge on any atom is -0.399 e. The molecule has 1 aromatic heterocycles. The smallest absolute Gasteiger partial charge is 0.0798 e. The van der Waals surface area contributed by atoms with Crippen molar-refractivity contribution in [3.05, 3.63) is 45.9 Å². The molecule has 0 unspecified atom stereocenters. The Labute approximate surface area is 106 Å². The first kappa shape index (κ1) is 12.1. The van der Waals surface area contributed by atoms with Gasteiger partial charge in [-0.2, -0.15) is 0 Å². The molecule has 0 atom stereocenters. The number of nitrogen functional groups attached to an aromatic ring is 1.